The van der Waals surface area contributed by atoms with Crippen molar-refractivity contribution >= 4 is 45.0 Å². The predicted molar refractivity (Wildman–Crippen MR) is 174 cm³/mol. The van der Waals surface area contributed by atoms with Crippen LogP contribution in [0.5, 0.6) is 5.75 Å². The van der Waals surface area contributed by atoms with Gasteiger partial charge in [0, 0.05) is 22.3 Å². The van der Waals surface area contributed by atoms with Gasteiger partial charge in [-0.25, -0.2) is 4.21 Å². The molecule has 0 aliphatic heterocycles. The highest BCUT2D eigenvalue weighted by atomic mass is 32.2. The van der Waals surface area contributed by atoms with Crippen LogP contribution in [0.4, 0.5) is 8.78 Å². The fourth-order valence-electron chi connectivity index (χ4n) is 4.81. The van der Waals surface area contributed by atoms with Gasteiger partial charge in [-0.05, 0) is 41.5 Å². The van der Waals surface area contributed by atoms with E-state index in [1.54, 1.807) is 24.3 Å². The van der Waals surface area contributed by atoms with Crippen molar-refractivity contribution in [2.75, 3.05) is 0 Å². The monoisotopic (exact) mass is 660 g/mol. The molecule has 0 aliphatic carbocycles. The largest absolute Gasteiger partial charge is 0.481 e. The summed E-state index contributed by atoms with van der Waals surface area (Å²) in [6.45, 7) is -2.94. The first-order valence-electron chi connectivity index (χ1n) is 14.2. The molecule has 0 spiro atoms. The second-order valence-electron chi connectivity index (χ2n) is 10.0. The number of para-hydroxylation sites is 2. The van der Waals surface area contributed by atoms with Gasteiger partial charge in [0.05, 0.1) is 17.7 Å². The van der Waals surface area contributed by atoms with E-state index < -0.39 is 29.6 Å². The highest BCUT2D eigenvalue weighted by Crippen LogP contribution is 2.30. The number of ether oxygens (including phenoxy) is 1. The van der Waals surface area contributed by atoms with Crippen LogP contribution in [-0.2, 0) is 27.1 Å². The number of carboxylic acid groups (broad SMARTS) is 2. The molecule has 0 radical (unpaired) electrons. The molecule has 1 heterocycles. The Hall–Kier alpha value is -5.39. The van der Waals surface area contributed by atoms with Gasteiger partial charge in [0.1, 0.15) is 16.9 Å². The molecule has 242 valence electrons. The van der Waals surface area contributed by atoms with Crippen molar-refractivity contribution in [3.8, 4) is 5.75 Å². The lowest BCUT2D eigenvalue weighted by molar-refractivity contribution is -0.137. The lowest BCUT2D eigenvalue weighted by atomic mass is 9.89. The predicted octanol–water partition coefficient (Wildman–Crippen LogP) is 8.37. The molecule has 0 bridgehead atoms. The molecule has 1 atom stereocenters. The lowest BCUT2D eigenvalue weighted by Crippen LogP contribution is -2.07. The molecule has 1 unspecified atom stereocenters. The van der Waals surface area contributed by atoms with Crippen molar-refractivity contribution in [2.24, 2.45) is 0 Å². The Labute approximate surface area is 271 Å². The van der Waals surface area contributed by atoms with E-state index in [0.717, 1.165) is 33.1 Å². The second-order valence-corrected chi connectivity index (χ2v) is 11.0. The minimum atomic E-state index is -2.94. The molecule has 8 nitrogen and oxygen atoms in total. The highest BCUT2D eigenvalue weighted by Gasteiger charge is 2.17. The SMILES string of the molecule is O=C(O)CC(c1ccccc1)c1ccccc1.O=C(O)Cc1ccccc1OC(F)F.O=S(O)c1ccc2oc3ccccc3c2c1. The van der Waals surface area contributed by atoms with Gasteiger partial charge in [0.25, 0.3) is 0 Å². The van der Waals surface area contributed by atoms with E-state index in [0.29, 0.717) is 4.90 Å². The fraction of sp³-hybridized carbons (Fsp3) is 0.111. The molecule has 0 fully saturated rings. The molecule has 0 amide bonds. The number of fused-ring (bicyclic) bond motifs is 3. The lowest BCUT2D eigenvalue weighted by Gasteiger charge is -2.15. The van der Waals surface area contributed by atoms with Gasteiger partial charge in [0.15, 0.2) is 11.1 Å². The average molecular weight is 661 g/mol. The maximum absolute atomic E-state index is 11.9. The van der Waals surface area contributed by atoms with Crippen LogP contribution in [0.15, 0.2) is 137 Å². The molecule has 6 aromatic rings. The molecule has 1 aromatic heterocycles. The number of rotatable bonds is 9. The van der Waals surface area contributed by atoms with E-state index in [2.05, 4.69) is 4.74 Å². The Morgan fingerprint density at radius 2 is 1.26 bits per heavy atom. The number of carbonyl (C=O) groups is 2. The minimum absolute atomic E-state index is 0.0742. The first kappa shape index (κ1) is 34.5. The quantitative estimate of drug-likeness (QED) is 0.132. The van der Waals surface area contributed by atoms with Gasteiger partial charge in [-0.1, -0.05) is 97.1 Å². The zero-order chi connectivity index (χ0) is 33.8. The van der Waals surface area contributed by atoms with Gasteiger partial charge in [-0.2, -0.15) is 8.78 Å². The third kappa shape index (κ3) is 10.1. The number of hydrogen-bond donors (Lipinski definition) is 3. The van der Waals surface area contributed by atoms with Crippen LogP contribution >= 0.6 is 0 Å². The smallest absolute Gasteiger partial charge is 0.387 e. The zero-order valence-electron chi connectivity index (χ0n) is 24.7. The maximum atomic E-state index is 11.9. The Balaban J connectivity index is 0.000000160. The number of halogens is 2. The van der Waals surface area contributed by atoms with Crippen molar-refractivity contribution < 1.29 is 46.5 Å². The summed E-state index contributed by atoms with van der Waals surface area (Å²) in [6, 6.07) is 38.0. The van der Waals surface area contributed by atoms with Crippen molar-refractivity contribution in [3.63, 3.8) is 0 Å². The molecule has 0 aliphatic rings. The molecular formula is C36H30F2O8S. The van der Waals surface area contributed by atoms with Crippen LogP contribution < -0.4 is 4.74 Å². The van der Waals surface area contributed by atoms with Crippen LogP contribution in [0.1, 0.15) is 29.0 Å². The Bertz CT molecular complexity index is 1910. The van der Waals surface area contributed by atoms with Gasteiger partial charge in [0.2, 0.25) is 0 Å². The van der Waals surface area contributed by atoms with Crippen LogP contribution in [0.3, 0.4) is 0 Å². The number of alkyl halides is 2. The van der Waals surface area contributed by atoms with Crippen LogP contribution in [0.2, 0.25) is 0 Å². The van der Waals surface area contributed by atoms with Gasteiger partial charge in [-0.3, -0.25) is 9.59 Å². The summed E-state index contributed by atoms with van der Waals surface area (Å²) in [5.41, 5.74) is 3.84. The molecule has 6 rings (SSSR count). The minimum Gasteiger partial charge on any atom is -0.481 e. The van der Waals surface area contributed by atoms with Gasteiger partial charge in [-0.15, -0.1) is 0 Å². The molecule has 5 aromatic carbocycles. The van der Waals surface area contributed by atoms with Crippen molar-refractivity contribution in [3.05, 3.63) is 144 Å². The number of carboxylic acids is 2. The standard InChI is InChI=1S/C15H14O2.C12H8O3S.C9H8F2O3/c16-15(17)11-14(12-7-3-1-4-8-12)13-9-5-2-6-10-13;13-16(14)8-5-6-12-10(7-8)9-3-1-2-4-11(9)15-12;10-9(11)14-7-4-2-1-3-6(7)5-8(12)13/h1-10,14H,11H2,(H,16,17);1-7H,(H,13,14);1-4,9H,5H2,(H,12,13). The van der Waals surface area contributed by atoms with Gasteiger partial charge < -0.3 is 23.9 Å². The van der Waals surface area contributed by atoms with E-state index >= 15 is 0 Å². The van der Waals surface area contributed by atoms with Crippen molar-refractivity contribution in [2.45, 2.75) is 30.3 Å². The number of hydrogen-bond acceptors (Lipinski definition) is 5. The van der Waals surface area contributed by atoms with E-state index in [1.807, 2.05) is 84.9 Å². The van der Waals surface area contributed by atoms with E-state index in [-0.39, 0.29) is 30.1 Å². The molecule has 0 saturated carbocycles. The molecule has 11 heteroatoms. The average Bonchev–Trinajstić information content (AvgIpc) is 3.43. The molecule has 3 N–H and O–H groups in total. The summed E-state index contributed by atoms with van der Waals surface area (Å²) in [6.07, 6.45) is -0.211. The first-order chi connectivity index (χ1) is 22.6. The molecule has 0 saturated heterocycles. The first-order valence-corrected chi connectivity index (χ1v) is 15.3. The summed E-state index contributed by atoms with van der Waals surface area (Å²) in [5, 5.41) is 19.3. The normalized spacial score (nSPS) is 11.3. The maximum Gasteiger partial charge on any atom is 0.387 e. The summed E-state index contributed by atoms with van der Waals surface area (Å²) in [4.78, 5) is 21.7. The van der Waals surface area contributed by atoms with Crippen LogP contribution in [0.25, 0.3) is 21.9 Å². The van der Waals surface area contributed by atoms with Crippen molar-refractivity contribution in [1.29, 1.82) is 0 Å². The van der Waals surface area contributed by atoms with Crippen molar-refractivity contribution in [1.82, 2.24) is 0 Å². The number of aliphatic carboxylic acids is 2. The third-order valence-electron chi connectivity index (χ3n) is 6.86. The summed E-state index contributed by atoms with van der Waals surface area (Å²) >= 11 is -1.95. The van der Waals surface area contributed by atoms with Gasteiger partial charge >= 0.3 is 18.6 Å². The Kier molecular flexibility index (Phi) is 12.3. The topological polar surface area (TPSA) is 134 Å². The third-order valence-corrected chi connectivity index (χ3v) is 7.52. The van der Waals surface area contributed by atoms with Crippen LogP contribution in [0, 0.1) is 0 Å². The van der Waals surface area contributed by atoms with E-state index in [1.165, 1.54) is 18.2 Å². The second kappa shape index (κ2) is 16.8. The number of benzene rings is 5. The zero-order valence-corrected chi connectivity index (χ0v) is 25.6. The summed E-state index contributed by atoms with van der Waals surface area (Å²) in [7, 11) is 0. The Morgan fingerprint density at radius 1 is 0.702 bits per heavy atom. The van der Waals surface area contributed by atoms with Crippen LogP contribution in [-0.4, -0.2) is 37.5 Å². The van der Waals surface area contributed by atoms with E-state index in [4.69, 9.17) is 19.2 Å². The fourth-order valence-corrected chi connectivity index (χ4v) is 5.21. The Morgan fingerprint density at radius 3 is 1.83 bits per heavy atom. The number of furan rings is 1. The molecular weight excluding hydrogens is 630 g/mol. The van der Waals surface area contributed by atoms with E-state index in [9.17, 15) is 22.6 Å². The molecule has 47 heavy (non-hydrogen) atoms. The summed E-state index contributed by atoms with van der Waals surface area (Å²) in [5.74, 6) is -2.03. The highest BCUT2D eigenvalue weighted by molar-refractivity contribution is 7.79. The summed E-state index contributed by atoms with van der Waals surface area (Å²) < 4.78 is 53.5.